The van der Waals surface area contributed by atoms with Gasteiger partial charge < -0.3 is 4.74 Å². The molecular formula is C12H13BrFN3O. The lowest BCUT2D eigenvalue weighted by atomic mass is 10.3. The van der Waals surface area contributed by atoms with Crippen LogP contribution in [-0.4, -0.2) is 14.8 Å². The van der Waals surface area contributed by atoms with Crippen molar-refractivity contribution in [1.82, 2.24) is 14.8 Å². The lowest BCUT2D eigenvalue weighted by Gasteiger charge is -2.07. The molecule has 0 N–H and O–H groups in total. The second kappa shape index (κ2) is 5.95. The number of aromatic nitrogens is 3. The van der Waals surface area contributed by atoms with E-state index in [0.717, 1.165) is 18.8 Å². The number of rotatable bonds is 5. The second-order valence-electron chi connectivity index (χ2n) is 3.76. The Kier molecular flexibility index (Phi) is 4.30. The van der Waals surface area contributed by atoms with Crippen LogP contribution in [0.1, 0.15) is 19.2 Å². The van der Waals surface area contributed by atoms with Crippen LogP contribution in [0.15, 0.2) is 29.0 Å². The van der Waals surface area contributed by atoms with Crippen LogP contribution in [0, 0.1) is 5.82 Å². The molecule has 0 atom stereocenters. The first kappa shape index (κ1) is 13.0. The summed E-state index contributed by atoms with van der Waals surface area (Å²) in [6, 6.07) is 4.65. The molecule has 18 heavy (non-hydrogen) atoms. The Hall–Kier alpha value is -1.43. The van der Waals surface area contributed by atoms with Crippen molar-refractivity contribution in [2.45, 2.75) is 26.5 Å². The van der Waals surface area contributed by atoms with Gasteiger partial charge in [0.25, 0.3) is 0 Å². The Labute approximate surface area is 113 Å². The van der Waals surface area contributed by atoms with Gasteiger partial charge in [-0.2, -0.15) is 5.10 Å². The molecule has 0 amide bonds. The maximum atomic E-state index is 13.3. The summed E-state index contributed by atoms with van der Waals surface area (Å²) in [6.45, 7) is 3.14. The van der Waals surface area contributed by atoms with Crippen molar-refractivity contribution in [2.24, 2.45) is 0 Å². The van der Waals surface area contributed by atoms with E-state index in [4.69, 9.17) is 4.74 Å². The number of nitrogens with zero attached hydrogens (tertiary/aromatic N) is 3. The highest BCUT2D eigenvalue weighted by Gasteiger charge is 2.06. The minimum atomic E-state index is -0.345. The Bertz CT molecular complexity index is 530. The van der Waals surface area contributed by atoms with Gasteiger partial charge in [0.05, 0.1) is 4.47 Å². The van der Waals surface area contributed by atoms with Crippen molar-refractivity contribution in [3.05, 3.63) is 40.6 Å². The molecule has 4 nitrogen and oxygen atoms in total. The van der Waals surface area contributed by atoms with Gasteiger partial charge in [0, 0.05) is 12.6 Å². The van der Waals surface area contributed by atoms with Gasteiger partial charge in [-0.1, -0.05) is 6.92 Å². The normalized spacial score (nSPS) is 10.6. The van der Waals surface area contributed by atoms with E-state index < -0.39 is 0 Å². The van der Waals surface area contributed by atoms with E-state index in [0.29, 0.717) is 10.2 Å². The minimum absolute atomic E-state index is 0.279. The number of ether oxygens (including phenoxy) is 1. The van der Waals surface area contributed by atoms with Crippen molar-refractivity contribution < 1.29 is 9.13 Å². The number of hydrogen-bond donors (Lipinski definition) is 0. The smallest absolute Gasteiger partial charge is 0.164 e. The molecule has 96 valence electrons. The molecule has 0 unspecified atom stereocenters. The first-order chi connectivity index (χ1) is 8.70. The van der Waals surface area contributed by atoms with Crippen LogP contribution in [0.2, 0.25) is 0 Å². The van der Waals surface area contributed by atoms with Gasteiger partial charge in [0.2, 0.25) is 0 Å². The van der Waals surface area contributed by atoms with Crippen LogP contribution in [0.5, 0.6) is 5.75 Å². The summed E-state index contributed by atoms with van der Waals surface area (Å²) in [5.41, 5.74) is 0. The Morgan fingerprint density at radius 1 is 1.44 bits per heavy atom. The van der Waals surface area contributed by atoms with E-state index in [1.54, 1.807) is 16.8 Å². The zero-order valence-electron chi connectivity index (χ0n) is 9.94. The van der Waals surface area contributed by atoms with Crippen molar-refractivity contribution >= 4 is 15.9 Å². The lowest BCUT2D eigenvalue weighted by molar-refractivity contribution is 0.284. The lowest BCUT2D eigenvalue weighted by Crippen LogP contribution is -2.08. The molecule has 0 radical (unpaired) electrons. The van der Waals surface area contributed by atoms with Gasteiger partial charge in [-0.05, 0) is 34.5 Å². The molecule has 1 heterocycles. The highest BCUT2D eigenvalue weighted by atomic mass is 79.9. The molecule has 1 aromatic heterocycles. The van der Waals surface area contributed by atoms with E-state index in [1.807, 2.05) is 0 Å². The average molecular weight is 314 g/mol. The monoisotopic (exact) mass is 313 g/mol. The van der Waals surface area contributed by atoms with Crippen LogP contribution in [0.4, 0.5) is 4.39 Å². The molecule has 0 aliphatic heterocycles. The molecule has 0 saturated heterocycles. The van der Waals surface area contributed by atoms with Crippen molar-refractivity contribution in [3.63, 3.8) is 0 Å². The van der Waals surface area contributed by atoms with Crippen molar-refractivity contribution in [1.29, 1.82) is 0 Å². The highest BCUT2D eigenvalue weighted by molar-refractivity contribution is 9.10. The van der Waals surface area contributed by atoms with E-state index in [-0.39, 0.29) is 12.4 Å². The topological polar surface area (TPSA) is 39.9 Å². The first-order valence-electron chi connectivity index (χ1n) is 5.65. The van der Waals surface area contributed by atoms with Gasteiger partial charge in [0.1, 0.15) is 24.5 Å². The molecule has 0 fully saturated rings. The zero-order chi connectivity index (χ0) is 13.0. The van der Waals surface area contributed by atoms with Gasteiger partial charge in [-0.15, -0.1) is 0 Å². The third-order valence-electron chi connectivity index (χ3n) is 2.39. The van der Waals surface area contributed by atoms with Gasteiger partial charge >= 0.3 is 0 Å². The molecule has 6 heteroatoms. The molecule has 2 rings (SSSR count). The Balaban J connectivity index is 2.02. The Morgan fingerprint density at radius 3 is 3.00 bits per heavy atom. The molecule has 0 aliphatic rings. The first-order valence-corrected chi connectivity index (χ1v) is 6.44. The molecule has 0 aliphatic carbocycles. The molecule has 1 aromatic carbocycles. The fraction of sp³-hybridized carbons (Fsp3) is 0.333. The van der Waals surface area contributed by atoms with Gasteiger partial charge in [-0.3, -0.25) is 0 Å². The summed E-state index contributed by atoms with van der Waals surface area (Å²) in [6.07, 6.45) is 2.47. The van der Waals surface area contributed by atoms with Crippen LogP contribution < -0.4 is 4.74 Å². The van der Waals surface area contributed by atoms with E-state index in [2.05, 4.69) is 32.9 Å². The Morgan fingerprint density at radius 2 is 2.28 bits per heavy atom. The summed E-state index contributed by atoms with van der Waals surface area (Å²) in [4.78, 5) is 4.11. The number of halogens is 2. The van der Waals surface area contributed by atoms with E-state index >= 15 is 0 Å². The summed E-state index contributed by atoms with van der Waals surface area (Å²) >= 11 is 3.09. The fourth-order valence-corrected chi connectivity index (χ4v) is 1.76. The minimum Gasteiger partial charge on any atom is -0.486 e. The zero-order valence-corrected chi connectivity index (χ0v) is 11.5. The predicted octanol–water partition coefficient (Wildman–Crippen LogP) is 3.17. The molecule has 0 spiro atoms. The van der Waals surface area contributed by atoms with E-state index in [9.17, 15) is 4.39 Å². The van der Waals surface area contributed by atoms with Crippen LogP contribution in [-0.2, 0) is 13.2 Å². The number of benzene rings is 1. The maximum Gasteiger partial charge on any atom is 0.164 e. The van der Waals surface area contributed by atoms with Crippen LogP contribution >= 0.6 is 15.9 Å². The van der Waals surface area contributed by atoms with Crippen LogP contribution in [0.3, 0.4) is 0 Å². The van der Waals surface area contributed by atoms with Crippen molar-refractivity contribution in [3.8, 4) is 5.75 Å². The fourth-order valence-electron chi connectivity index (χ4n) is 1.51. The highest BCUT2D eigenvalue weighted by Crippen LogP contribution is 2.21. The average Bonchev–Trinajstić information content (AvgIpc) is 2.79. The van der Waals surface area contributed by atoms with Gasteiger partial charge in [-0.25, -0.2) is 14.1 Å². The third kappa shape index (κ3) is 3.07. The third-order valence-corrected chi connectivity index (χ3v) is 3.03. The van der Waals surface area contributed by atoms with Gasteiger partial charge in [0.15, 0.2) is 5.82 Å². The van der Waals surface area contributed by atoms with Crippen LogP contribution in [0.25, 0.3) is 0 Å². The number of aryl methyl sites for hydroxylation is 1. The standard InChI is InChI=1S/C12H13BrFN3O/c1-2-5-17-12(15-8-16-17)7-18-9-3-4-10(13)11(14)6-9/h3-4,6,8H,2,5,7H2,1H3. The second-order valence-corrected chi connectivity index (χ2v) is 4.62. The summed E-state index contributed by atoms with van der Waals surface area (Å²) < 4.78 is 21.0. The molecular weight excluding hydrogens is 301 g/mol. The summed E-state index contributed by atoms with van der Waals surface area (Å²) in [7, 11) is 0. The van der Waals surface area contributed by atoms with E-state index in [1.165, 1.54) is 12.4 Å². The molecule has 2 aromatic rings. The maximum absolute atomic E-state index is 13.3. The number of hydrogen-bond acceptors (Lipinski definition) is 3. The largest absolute Gasteiger partial charge is 0.486 e. The van der Waals surface area contributed by atoms with Crippen molar-refractivity contribution in [2.75, 3.05) is 0 Å². The quantitative estimate of drug-likeness (QED) is 0.851. The predicted molar refractivity (Wildman–Crippen MR) is 68.7 cm³/mol. The summed E-state index contributed by atoms with van der Waals surface area (Å²) in [5.74, 6) is 0.865. The molecule has 0 saturated carbocycles. The SMILES string of the molecule is CCCn1ncnc1COc1ccc(Br)c(F)c1. The molecule has 0 bridgehead atoms. The summed E-state index contributed by atoms with van der Waals surface area (Å²) in [5, 5.41) is 4.09.